The van der Waals surface area contributed by atoms with Gasteiger partial charge in [0.15, 0.2) is 6.61 Å². The quantitative estimate of drug-likeness (QED) is 0.586. The zero-order chi connectivity index (χ0) is 21.7. The van der Waals surface area contributed by atoms with Crippen LogP contribution in [0.25, 0.3) is 0 Å². The number of benzene rings is 1. The largest absolute Gasteiger partial charge is 0.451 e. The average Bonchev–Trinajstić information content (AvgIpc) is 2.96. The fourth-order valence-electron chi connectivity index (χ4n) is 3.58. The molecule has 0 fully saturated rings. The molecule has 2 rings (SSSR count). The Morgan fingerprint density at radius 1 is 1.17 bits per heavy atom. The maximum Gasteiger partial charge on any atom is 0.355 e. The van der Waals surface area contributed by atoms with Gasteiger partial charge in [-0.2, -0.15) is 0 Å². The first-order valence-electron chi connectivity index (χ1n) is 9.86. The van der Waals surface area contributed by atoms with Crippen LogP contribution >= 0.6 is 0 Å². The maximum atomic E-state index is 12.3. The number of rotatable bonds is 8. The van der Waals surface area contributed by atoms with Gasteiger partial charge in [0.2, 0.25) is 0 Å². The highest BCUT2D eigenvalue weighted by Gasteiger charge is 2.21. The SMILES string of the molecule is CCN(c1ccc(NC(=O)COC(=O)c2[nH]c(C)c([C@H](C)O)c2C)cc1)C(C)C. The first-order chi connectivity index (χ1) is 13.6. The summed E-state index contributed by atoms with van der Waals surface area (Å²) >= 11 is 0. The third-order valence-electron chi connectivity index (χ3n) is 4.90. The van der Waals surface area contributed by atoms with Crippen molar-refractivity contribution in [3.8, 4) is 0 Å². The number of esters is 1. The molecular formula is C22H31N3O4. The number of nitrogens with zero attached hydrogens (tertiary/aromatic N) is 1. The fourth-order valence-corrected chi connectivity index (χ4v) is 3.58. The van der Waals surface area contributed by atoms with Crippen molar-refractivity contribution in [3.05, 3.63) is 46.8 Å². The lowest BCUT2D eigenvalue weighted by Gasteiger charge is -2.27. The number of nitrogens with one attached hydrogen (secondary N) is 2. The number of aryl methyl sites for hydroxylation is 1. The Kier molecular flexibility index (Phi) is 7.45. The molecule has 0 unspecified atom stereocenters. The van der Waals surface area contributed by atoms with E-state index < -0.39 is 24.6 Å². The molecule has 1 atom stereocenters. The molecule has 0 aliphatic carbocycles. The normalized spacial score (nSPS) is 12.0. The molecule has 0 bridgehead atoms. The molecule has 2 aromatic rings. The van der Waals surface area contributed by atoms with Crippen LogP contribution in [0.2, 0.25) is 0 Å². The molecule has 29 heavy (non-hydrogen) atoms. The topological polar surface area (TPSA) is 94.7 Å². The van der Waals surface area contributed by atoms with E-state index in [1.165, 1.54) is 0 Å². The van der Waals surface area contributed by atoms with Crippen molar-refractivity contribution in [2.24, 2.45) is 0 Å². The van der Waals surface area contributed by atoms with Gasteiger partial charge in [-0.25, -0.2) is 4.79 Å². The molecule has 1 amide bonds. The molecule has 3 N–H and O–H groups in total. The molecule has 1 aromatic carbocycles. The summed E-state index contributed by atoms with van der Waals surface area (Å²) in [4.78, 5) is 29.6. The van der Waals surface area contributed by atoms with Crippen LogP contribution in [-0.2, 0) is 9.53 Å². The van der Waals surface area contributed by atoms with E-state index in [0.717, 1.165) is 12.2 Å². The van der Waals surface area contributed by atoms with E-state index >= 15 is 0 Å². The monoisotopic (exact) mass is 401 g/mol. The van der Waals surface area contributed by atoms with E-state index in [4.69, 9.17) is 4.74 Å². The van der Waals surface area contributed by atoms with Crippen molar-refractivity contribution < 1.29 is 19.4 Å². The second kappa shape index (κ2) is 9.60. The second-order valence-electron chi connectivity index (χ2n) is 7.39. The summed E-state index contributed by atoms with van der Waals surface area (Å²) < 4.78 is 5.13. The minimum absolute atomic E-state index is 0.254. The number of H-pyrrole nitrogens is 1. The summed E-state index contributed by atoms with van der Waals surface area (Å²) in [5, 5.41) is 12.5. The number of aromatic amines is 1. The number of hydrogen-bond donors (Lipinski definition) is 3. The maximum absolute atomic E-state index is 12.3. The zero-order valence-corrected chi connectivity index (χ0v) is 18.0. The summed E-state index contributed by atoms with van der Waals surface area (Å²) in [6.07, 6.45) is -0.696. The molecule has 0 spiro atoms. The van der Waals surface area contributed by atoms with E-state index in [1.54, 1.807) is 20.8 Å². The summed E-state index contributed by atoms with van der Waals surface area (Å²) in [5.74, 6) is -1.04. The zero-order valence-electron chi connectivity index (χ0n) is 18.0. The number of carbonyl (C=O) groups is 2. The number of aromatic nitrogens is 1. The van der Waals surface area contributed by atoms with Crippen LogP contribution in [0.5, 0.6) is 0 Å². The number of aliphatic hydroxyl groups is 1. The van der Waals surface area contributed by atoms with Gasteiger partial charge in [-0.3, -0.25) is 4.79 Å². The number of aliphatic hydroxyl groups excluding tert-OH is 1. The lowest BCUT2D eigenvalue weighted by atomic mass is 10.1. The van der Waals surface area contributed by atoms with Gasteiger partial charge >= 0.3 is 5.97 Å². The lowest BCUT2D eigenvalue weighted by molar-refractivity contribution is -0.119. The molecule has 7 nitrogen and oxygen atoms in total. The summed E-state index contributed by atoms with van der Waals surface area (Å²) in [7, 11) is 0. The Hall–Kier alpha value is -2.80. The summed E-state index contributed by atoms with van der Waals surface area (Å²) in [6.45, 7) is 12.0. The van der Waals surface area contributed by atoms with Crippen LogP contribution in [0.1, 0.15) is 61.1 Å². The van der Waals surface area contributed by atoms with E-state index in [1.807, 2.05) is 24.3 Å². The Morgan fingerprint density at radius 3 is 2.28 bits per heavy atom. The van der Waals surface area contributed by atoms with Gasteiger partial charge in [0.1, 0.15) is 5.69 Å². The van der Waals surface area contributed by atoms with E-state index in [-0.39, 0.29) is 5.69 Å². The van der Waals surface area contributed by atoms with Gasteiger partial charge in [-0.1, -0.05) is 0 Å². The molecule has 0 radical (unpaired) electrons. The average molecular weight is 402 g/mol. The van der Waals surface area contributed by atoms with Crippen LogP contribution < -0.4 is 10.2 Å². The molecule has 0 saturated heterocycles. The molecule has 0 aliphatic heterocycles. The van der Waals surface area contributed by atoms with Crippen LogP contribution in [0, 0.1) is 13.8 Å². The third kappa shape index (κ3) is 5.38. The predicted octanol–water partition coefficient (Wildman–Crippen LogP) is 3.72. The second-order valence-corrected chi connectivity index (χ2v) is 7.39. The standard InChI is InChI=1S/C22H31N3O4/c1-7-25(13(2)3)18-10-8-17(9-11-18)24-19(27)12-29-22(28)21-14(4)20(16(6)26)15(5)23-21/h8-11,13,16,23,26H,7,12H2,1-6H3,(H,24,27)/t16-/m0/s1. The smallest absolute Gasteiger partial charge is 0.355 e. The van der Waals surface area contributed by atoms with Crippen LogP contribution in [-0.4, -0.2) is 41.2 Å². The highest BCUT2D eigenvalue weighted by Crippen LogP contribution is 2.25. The summed E-state index contributed by atoms with van der Waals surface area (Å²) in [5.41, 5.74) is 3.98. The molecule has 7 heteroatoms. The first kappa shape index (κ1) is 22.5. The minimum Gasteiger partial charge on any atom is -0.451 e. The van der Waals surface area contributed by atoms with Crippen molar-refractivity contribution in [2.75, 3.05) is 23.4 Å². The molecule has 1 aromatic heterocycles. The first-order valence-corrected chi connectivity index (χ1v) is 9.86. The van der Waals surface area contributed by atoms with Gasteiger partial charge in [-0.05, 0) is 71.4 Å². The van der Waals surface area contributed by atoms with Gasteiger partial charge < -0.3 is 25.0 Å². The Bertz CT molecular complexity index is 854. The fraction of sp³-hybridized carbons (Fsp3) is 0.455. The van der Waals surface area contributed by atoms with E-state index in [0.29, 0.717) is 28.6 Å². The van der Waals surface area contributed by atoms with Crippen LogP contribution in [0.3, 0.4) is 0 Å². The van der Waals surface area contributed by atoms with Gasteiger partial charge in [0, 0.05) is 35.2 Å². The Balaban J connectivity index is 1.95. The highest BCUT2D eigenvalue weighted by atomic mass is 16.5. The Morgan fingerprint density at radius 2 is 1.79 bits per heavy atom. The van der Waals surface area contributed by atoms with E-state index in [2.05, 4.69) is 36.0 Å². The minimum atomic E-state index is -0.696. The molecule has 0 aliphatic rings. The van der Waals surface area contributed by atoms with Gasteiger partial charge in [-0.15, -0.1) is 0 Å². The van der Waals surface area contributed by atoms with E-state index in [9.17, 15) is 14.7 Å². The van der Waals surface area contributed by atoms with Crippen molar-refractivity contribution in [2.45, 2.75) is 53.7 Å². The number of amides is 1. The lowest BCUT2D eigenvalue weighted by Crippen LogP contribution is -2.30. The molecular weight excluding hydrogens is 370 g/mol. The van der Waals surface area contributed by atoms with Gasteiger partial charge in [0.25, 0.3) is 5.91 Å². The molecule has 1 heterocycles. The van der Waals surface area contributed by atoms with Crippen LogP contribution in [0.4, 0.5) is 11.4 Å². The van der Waals surface area contributed by atoms with Gasteiger partial charge in [0.05, 0.1) is 6.10 Å². The van der Waals surface area contributed by atoms with Crippen molar-refractivity contribution in [3.63, 3.8) is 0 Å². The Labute approximate surface area is 172 Å². The van der Waals surface area contributed by atoms with Crippen molar-refractivity contribution >= 4 is 23.3 Å². The predicted molar refractivity (Wildman–Crippen MR) is 114 cm³/mol. The van der Waals surface area contributed by atoms with Crippen molar-refractivity contribution in [1.29, 1.82) is 0 Å². The molecule has 0 saturated carbocycles. The molecule has 158 valence electrons. The highest BCUT2D eigenvalue weighted by molar-refractivity contribution is 5.95. The number of ether oxygens (including phenoxy) is 1. The van der Waals surface area contributed by atoms with Crippen molar-refractivity contribution in [1.82, 2.24) is 4.98 Å². The number of anilines is 2. The number of carbonyl (C=O) groups excluding carboxylic acids is 2. The number of hydrogen-bond acceptors (Lipinski definition) is 5. The third-order valence-corrected chi connectivity index (χ3v) is 4.90. The summed E-state index contributed by atoms with van der Waals surface area (Å²) in [6, 6.07) is 7.94. The van der Waals surface area contributed by atoms with Crippen LogP contribution in [0.15, 0.2) is 24.3 Å².